The van der Waals surface area contributed by atoms with Crippen molar-refractivity contribution in [3.05, 3.63) is 33.1 Å². The van der Waals surface area contributed by atoms with Crippen LogP contribution in [0.5, 0.6) is 0 Å². The third-order valence-electron chi connectivity index (χ3n) is 2.85. The fourth-order valence-electron chi connectivity index (χ4n) is 1.90. The Morgan fingerprint density at radius 1 is 1.39 bits per heavy atom. The zero-order valence-corrected chi connectivity index (χ0v) is 12.7. The van der Waals surface area contributed by atoms with E-state index in [0.29, 0.717) is 9.13 Å². The van der Waals surface area contributed by atoms with Gasteiger partial charge in [-0.2, -0.15) is 0 Å². The monoisotopic (exact) mass is 384 g/mol. The van der Waals surface area contributed by atoms with Crippen molar-refractivity contribution in [1.29, 1.82) is 0 Å². The van der Waals surface area contributed by atoms with Crippen molar-refractivity contribution in [3.8, 4) is 0 Å². The van der Waals surface area contributed by atoms with E-state index in [2.05, 4.69) is 10.6 Å². The number of carbonyl (C=O) groups is 1. The Morgan fingerprint density at radius 3 is 2.67 bits per heavy atom. The molecule has 0 bridgehead atoms. The van der Waals surface area contributed by atoms with E-state index in [0.717, 1.165) is 25.9 Å². The zero-order chi connectivity index (χ0) is 12.3. The molecule has 1 aromatic rings. The van der Waals surface area contributed by atoms with Gasteiger partial charge in [0, 0.05) is 9.61 Å². The van der Waals surface area contributed by atoms with Crippen LogP contribution in [0.1, 0.15) is 23.2 Å². The molecule has 1 aliphatic heterocycles. The Balaban J connectivity index is 0.00000162. The fraction of sp³-hybridized carbons (Fsp3) is 0.417. The number of piperidine rings is 1. The number of benzene rings is 1. The third kappa shape index (κ3) is 4.07. The molecule has 0 atom stereocenters. The van der Waals surface area contributed by atoms with E-state index in [1.807, 2.05) is 22.6 Å². The summed E-state index contributed by atoms with van der Waals surface area (Å²) in [5, 5.41) is 6.23. The Bertz CT molecular complexity index is 425. The number of amides is 1. The Morgan fingerprint density at radius 2 is 2.06 bits per heavy atom. The van der Waals surface area contributed by atoms with Crippen molar-refractivity contribution >= 4 is 40.9 Å². The third-order valence-corrected chi connectivity index (χ3v) is 3.74. The van der Waals surface area contributed by atoms with Crippen LogP contribution in [0.25, 0.3) is 0 Å². The van der Waals surface area contributed by atoms with Gasteiger partial charge < -0.3 is 10.6 Å². The van der Waals surface area contributed by atoms with Crippen molar-refractivity contribution in [1.82, 2.24) is 10.6 Å². The van der Waals surface area contributed by atoms with E-state index in [4.69, 9.17) is 0 Å². The predicted octanol–water partition coefficient (Wildman–Crippen LogP) is 2.33. The van der Waals surface area contributed by atoms with Gasteiger partial charge in [0.1, 0.15) is 5.82 Å². The van der Waals surface area contributed by atoms with Crippen molar-refractivity contribution in [2.24, 2.45) is 0 Å². The summed E-state index contributed by atoms with van der Waals surface area (Å²) in [7, 11) is 0. The van der Waals surface area contributed by atoms with Crippen LogP contribution in [-0.4, -0.2) is 25.0 Å². The maximum atomic E-state index is 12.9. The number of carbonyl (C=O) groups excluding carboxylic acids is 1. The van der Waals surface area contributed by atoms with E-state index >= 15 is 0 Å². The summed E-state index contributed by atoms with van der Waals surface area (Å²) in [5.41, 5.74) is 0.547. The van der Waals surface area contributed by atoms with Gasteiger partial charge in [-0.3, -0.25) is 4.79 Å². The Kier molecular flexibility index (Phi) is 6.31. The minimum atomic E-state index is -0.312. The summed E-state index contributed by atoms with van der Waals surface area (Å²) in [5.74, 6) is -0.422. The number of hydrogen-bond acceptors (Lipinski definition) is 2. The second-order valence-corrected chi connectivity index (χ2v) is 5.28. The smallest absolute Gasteiger partial charge is 0.252 e. The first-order valence-corrected chi connectivity index (χ1v) is 6.71. The average molecular weight is 385 g/mol. The van der Waals surface area contributed by atoms with E-state index in [1.165, 1.54) is 18.2 Å². The molecular weight excluding hydrogens is 370 g/mol. The number of hydrogen-bond donors (Lipinski definition) is 2. The van der Waals surface area contributed by atoms with Gasteiger partial charge in [-0.1, -0.05) is 0 Å². The fourth-order valence-corrected chi connectivity index (χ4v) is 2.63. The van der Waals surface area contributed by atoms with Gasteiger partial charge in [-0.15, -0.1) is 12.4 Å². The molecule has 3 nitrogen and oxygen atoms in total. The zero-order valence-electron chi connectivity index (χ0n) is 9.71. The van der Waals surface area contributed by atoms with Gasteiger partial charge in [0.2, 0.25) is 0 Å². The molecule has 1 aliphatic rings. The highest BCUT2D eigenvalue weighted by molar-refractivity contribution is 14.1. The molecule has 0 saturated carbocycles. The van der Waals surface area contributed by atoms with Crippen LogP contribution >= 0.6 is 35.0 Å². The van der Waals surface area contributed by atoms with E-state index in [-0.39, 0.29) is 30.2 Å². The standard InChI is InChI=1S/C12H14FIN2O.ClH/c13-8-1-2-10(11(14)7-8)12(17)16-9-3-5-15-6-4-9;/h1-2,7,9,15H,3-6H2,(H,16,17);1H. The van der Waals surface area contributed by atoms with Gasteiger partial charge in [-0.05, 0) is 66.7 Å². The van der Waals surface area contributed by atoms with Crippen LogP contribution in [0, 0.1) is 9.39 Å². The van der Waals surface area contributed by atoms with Crippen LogP contribution < -0.4 is 10.6 Å². The molecule has 1 amide bonds. The Hall–Kier alpha value is -0.400. The highest BCUT2D eigenvalue weighted by Crippen LogP contribution is 2.14. The van der Waals surface area contributed by atoms with Crippen LogP contribution in [0.3, 0.4) is 0 Å². The molecule has 100 valence electrons. The number of nitrogens with one attached hydrogen (secondary N) is 2. The summed E-state index contributed by atoms with van der Waals surface area (Å²) in [6, 6.07) is 4.45. The van der Waals surface area contributed by atoms with E-state index < -0.39 is 0 Å². The first kappa shape index (κ1) is 15.7. The highest BCUT2D eigenvalue weighted by atomic mass is 127. The van der Waals surface area contributed by atoms with Gasteiger partial charge in [0.15, 0.2) is 0 Å². The van der Waals surface area contributed by atoms with Gasteiger partial charge in [0.25, 0.3) is 5.91 Å². The molecule has 0 unspecified atom stereocenters. The average Bonchev–Trinajstić information content (AvgIpc) is 2.30. The van der Waals surface area contributed by atoms with Crippen molar-refractivity contribution in [2.45, 2.75) is 18.9 Å². The van der Waals surface area contributed by atoms with Gasteiger partial charge in [-0.25, -0.2) is 4.39 Å². The largest absolute Gasteiger partial charge is 0.349 e. The molecule has 1 heterocycles. The maximum absolute atomic E-state index is 12.9. The minimum absolute atomic E-state index is 0. The van der Waals surface area contributed by atoms with Gasteiger partial charge in [0.05, 0.1) is 5.56 Å². The Labute approximate surface area is 125 Å². The van der Waals surface area contributed by atoms with E-state index in [1.54, 1.807) is 0 Å². The molecule has 0 aliphatic carbocycles. The topological polar surface area (TPSA) is 41.1 Å². The summed E-state index contributed by atoms with van der Waals surface area (Å²) >= 11 is 1.98. The normalized spacial score (nSPS) is 15.9. The second-order valence-electron chi connectivity index (χ2n) is 4.12. The number of rotatable bonds is 2. The van der Waals surface area contributed by atoms with Crippen molar-refractivity contribution in [2.75, 3.05) is 13.1 Å². The molecule has 1 fully saturated rings. The lowest BCUT2D eigenvalue weighted by Gasteiger charge is -2.23. The predicted molar refractivity (Wildman–Crippen MR) is 79.7 cm³/mol. The van der Waals surface area contributed by atoms with Crippen molar-refractivity contribution < 1.29 is 9.18 Å². The molecule has 6 heteroatoms. The van der Waals surface area contributed by atoms with Crippen LogP contribution in [-0.2, 0) is 0 Å². The molecule has 0 aromatic heterocycles. The minimum Gasteiger partial charge on any atom is -0.349 e. The molecular formula is C12H15ClFIN2O. The van der Waals surface area contributed by atoms with Crippen molar-refractivity contribution in [3.63, 3.8) is 0 Å². The first-order valence-electron chi connectivity index (χ1n) is 5.63. The summed E-state index contributed by atoms with van der Waals surface area (Å²) in [6.07, 6.45) is 1.90. The summed E-state index contributed by atoms with van der Waals surface area (Å²) in [6.45, 7) is 1.87. The SMILES string of the molecule is Cl.O=C(NC1CCNCC1)c1ccc(F)cc1I. The molecule has 2 rings (SSSR count). The lowest BCUT2D eigenvalue weighted by Crippen LogP contribution is -2.42. The molecule has 1 saturated heterocycles. The van der Waals surface area contributed by atoms with E-state index in [9.17, 15) is 9.18 Å². The summed E-state index contributed by atoms with van der Waals surface area (Å²) in [4.78, 5) is 12.0. The molecule has 18 heavy (non-hydrogen) atoms. The van der Waals surface area contributed by atoms with Crippen LogP contribution in [0.4, 0.5) is 4.39 Å². The molecule has 0 radical (unpaired) electrons. The first-order chi connectivity index (χ1) is 8.16. The summed E-state index contributed by atoms with van der Waals surface area (Å²) < 4.78 is 13.6. The molecule has 0 spiro atoms. The van der Waals surface area contributed by atoms with Crippen LogP contribution in [0.15, 0.2) is 18.2 Å². The molecule has 1 aromatic carbocycles. The lowest BCUT2D eigenvalue weighted by atomic mass is 10.1. The number of halogens is 3. The lowest BCUT2D eigenvalue weighted by molar-refractivity contribution is 0.0928. The molecule has 2 N–H and O–H groups in total. The second kappa shape index (κ2) is 7.25. The van der Waals surface area contributed by atoms with Gasteiger partial charge >= 0.3 is 0 Å². The quantitative estimate of drug-likeness (QED) is 0.769. The maximum Gasteiger partial charge on any atom is 0.252 e. The highest BCUT2D eigenvalue weighted by Gasteiger charge is 2.17. The van der Waals surface area contributed by atoms with Crippen LogP contribution in [0.2, 0.25) is 0 Å².